The maximum atomic E-state index is 13.9. The normalized spacial score (nSPS) is 14.9. The molecule has 182 valence electrons. The van der Waals surface area contributed by atoms with E-state index in [2.05, 4.69) is 50.9 Å². The second-order valence-electron chi connectivity index (χ2n) is 8.84. The number of benzene rings is 1. The largest absolute Gasteiger partial charge is 0.505 e. The van der Waals surface area contributed by atoms with Crippen molar-refractivity contribution in [2.24, 2.45) is 0 Å². The molecule has 33 heavy (non-hydrogen) atoms. The first-order valence-electron chi connectivity index (χ1n) is 12.1. The second kappa shape index (κ2) is 12.0. The first kappa shape index (κ1) is 25.0. The molecule has 1 fully saturated rings. The van der Waals surface area contributed by atoms with Gasteiger partial charge < -0.3 is 25.1 Å². The minimum atomic E-state index is -0.691. The molecule has 2 heterocycles. The molecule has 0 aliphatic carbocycles. The lowest BCUT2D eigenvalue weighted by atomic mass is 10.0. The van der Waals surface area contributed by atoms with Gasteiger partial charge in [0, 0.05) is 37.9 Å². The first-order chi connectivity index (χ1) is 15.9. The van der Waals surface area contributed by atoms with Crippen molar-refractivity contribution in [3.05, 3.63) is 24.0 Å². The number of rotatable bonds is 11. The van der Waals surface area contributed by atoms with Crippen LogP contribution in [0.5, 0.6) is 5.75 Å². The van der Waals surface area contributed by atoms with Crippen LogP contribution < -0.4 is 15.1 Å². The molecule has 0 unspecified atom stereocenters. The fourth-order valence-corrected chi connectivity index (χ4v) is 4.10. The number of halogens is 1. The number of nitrogens with one attached hydrogen (secondary N) is 1. The number of likely N-dealkylation sites (tertiary alicyclic amines) is 1. The lowest BCUT2D eigenvalue weighted by molar-refractivity contribution is 0.252. The minimum Gasteiger partial charge on any atom is -0.505 e. The van der Waals surface area contributed by atoms with Crippen LogP contribution >= 0.6 is 0 Å². The summed E-state index contributed by atoms with van der Waals surface area (Å²) in [7, 11) is 4.18. The van der Waals surface area contributed by atoms with Gasteiger partial charge in [0.2, 0.25) is 17.8 Å². The third-order valence-corrected chi connectivity index (χ3v) is 6.31. The van der Waals surface area contributed by atoms with Crippen molar-refractivity contribution in [2.75, 3.05) is 55.4 Å². The number of unbranched alkanes of at least 4 members (excludes halogenated alkanes) is 3. The number of hydrogen-bond donors (Lipinski definition) is 2. The Bertz CT molecular complexity index is 889. The number of nitrogens with zero attached hydrogens (tertiary/aromatic N) is 6. The SMILES string of the molecule is CCCCCCN(CC)c1nc(Nc2ccc(O)c(F)c2)nc(N(C)C2CCN(C)CC2)n1. The fourth-order valence-electron chi connectivity index (χ4n) is 4.10. The van der Waals surface area contributed by atoms with Crippen molar-refractivity contribution in [3.63, 3.8) is 0 Å². The van der Waals surface area contributed by atoms with Crippen molar-refractivity contribution in [2.45, 2.75) is 58.4 Å². The molecule has 0 bridgehead atoms. The Hall–Kier alpha value is -2.68. The van der Waals surface area contributed by atoms with Gasteiger partial charge >= 0.3 is 0 Å². The highest BCUT2D eigenvalue weighted by molar-refractivity contribution is 5.57. The van der Waals surface area contributed by atoms with E-state index in [-0.39, 0.29) is 5.75 Å². The summed E-state index contributed by atoms with van der Waals surface area (Å²) < 4.78 is 13.9. The predicted molar refractivity (Wildman–Crippen MR) is 132 cm³/mol. The molecule has 0 atom stereocenters. The van der Waals surface area contributed by atoms with Gasteiger partial charge in [-0.05, 0) is 58.5 Å². The van der Waals surface area contributed by atoms with Gasteiger partial charge in [0.05, 0.1) is 0 Å². The molecule has 2 aromatic rings. The van der Waals surface area contributed by atoms with Crippen LogP contribution in [0.25, 0.3) is 0 Å². The van der Waals surface area contributed by atoms with Gasteiger partial charge in [0.1, 0.15) is 0 Å². The van der Waals surface area contributed by atoms with Gasteiger partial charge in [-0.2, -0.15) is 15.0 Å². The van der Waals surface area contributed by atoms with Crippen molar-refractivity contribution < 1.29 is 9.50 Å². The van der Waals surface area contributed by atoms with E-state index < -0.39 is 5.82 Å². The van der Waals surface area contributed by atoms with Gasteiger partial charge in [-0.1, -0.05) is 26.2 Å². The third-order valence-electron chi connectivity index (χ3n) is 6.31. The van der Waals surface area contributed by atoms with E-state index in [4.69, 9.17) is 4.98 Å². The molecule has 3 rings (SSSR count). The first-order valence-corrected chi connectivity index (χ1v) is 12.1. The minimum absolute atomic E-state index is 0.357. The van der Waals surface area contributed by atoms with E-state index in [0.29, 0.717) is 29.6 Å². The summed E-state index contributed by atoms with van der Waals surface area (Å²) >= 11 is 0. The van der Waals surface area contributed by atoms with Crippen molar-refractivity contribution in [1.29, 1.82) is 0 Å². The van der Waals surface area contributed by atoms with E-state index >= 15 is 0 Å². The van der Waals surface area contributed by atoms with Crippen LogP contribution in [0, 0.1) is 5.82 Å². The van der Waals surface area contributed by atoms with E-state index in [1.54, 1.807) is 6.07 Å². The Balaban J connectivity index is 1.87. The smallest absolute Gasteiger partial charge is 0.233 e. The van der Waals surface area contributed by atoms with Crippen molar-refractivity contribution >= 4 is 23.5 Å². The third kappa shape index (κ3) is 6.90. The number of anilines is 4. The molecule has 1 saturated heterocycles. The Morgan fingerprint density at radius 1 is 1.09 bits per heavy atom. The Kier molecular flexibility index (Phi) is 9.05. The number of hydrogen-bond acceptors (Lipinski definition) is 8. The molecule has 0 radical (unpaired) electrons. The summed E-state index contributed by atoms with van der Waals surface area (Å²) in [6.45, 7) is 8.07. The zero-order valence-corrected chi connectivity index (χ0v) is 20.4. The zero-order chi connectivity index (χ0) is 23.8. The molecule has 1 aromatic heterocycles. The highest BCUT2D eigenvalue weighted by Gasteiger charge is 2.24. The summed E-state index contributed by atoms with van der Waals surface area (Å²) in [6.07, 6.45) is 6.78. The Labute approximate surface area is 196 Å². The highest BCUT2D eigenvalue weighted by Crippen LogP contribution is 2.25. The lowest BCUT2D eigenvalue weighted by Gasteiger charge is -2.35. The molecule has 0 spiro atoms. The van der Waals surface area contributed by atoms with Crippen LogP contribution in [0.15, 0.2) is 18.2 Å². The van der Waals surface area contributed by atoms with Gasteiger partial charge in [-0.15, -0.1) is 0 Å². The quantitative estimate of drug-likeness (QED) is 0.378. The maximum Gasteiger partial charge on any atom is 0.233 e. The van der Waals surface area contributed by atoms with E-state index in [0.717, 1.165) is 45.4 Å². The molecule has 1 aliphatic rings. The van der Waals surface area contributed by atoms with Crippen molar-refractivity contribution in [3.8, 4) is 5.75 Å². The Morgan fingerprint density at radius 2 is 1.82 bits per heavy atom. The van der Waals surface area contributed by atoms with Crippen LogP contribution in [0.1, 0.15) is 52.4 Å². The predicted octanol–water partition coefficient (Wildman–Crippen LogP) is 4.40. The summed E-state index contributed by atoms with van der Waals surface area (Å²) in [4.78, 5) is 20.8. The molecular weight excluding hydrogens is 421 g/mol. The average Bonchev–Trinajstić information content (AvgIpc) is 2.81. The monoisotopic (exact) mass is 459 g/mol. The topological polar surface area (TPSA) is 80.6 Å². The molecule has 9 heteroatoms. The van der Waals surface area contributed by atoms with Crippen LogP contribution in [-0.4, -0.2) is 71.3 Å². The fraction of sp³-hybridized carbons (Fsp3) is 0.625. The maximum absolute atomic E-state index is 13.9. The highest BCUT2D eigenvalue weighted by atomic mass is 19.1. The lowest BCUT2D eigenvalue weighted by Crippen LogP contribution is -2.42. The van der Waals surface area contributed by atoms with Crippen LogP contribution in [0.2, 0.25) is 0 Å². The molecule has 0 amide bonds. The Morgan fingerprint density at radius 3 is 2.48 bits per heavy atom. The number of phenolic OH excluding ortho intramolecular Hbond substituents is 1. The van der Waals surface area contributed by atoms with E-state index in [1.165, 1.54) is 31.4 Å². The van der Waals surface area contributed by atoms with Crippen LogP contribution in [0.4, 0.5) is 27.9 Å². The zero-order valence-electron chi connectivity index (χ0n) is 20.4. The number of aromatic nitrogens is 3. The van der Waals surface area contributed by atoms with Crippen LogP contribution in [-0.2, 0) is 0 Å². The molecule has 2 N–H and O–H groups in total. The van der Waals surface area contributed by atoms with Crippen molar-refractivity contribution in [1.82, 2.24) is 19.9 Å². The molecule has 1 aliphatic heterocycles. The average molecular weight is 460 g/mol. The number of aromatic hydroxyl groups is 1. The molecule has 0 saturated carbocycles. The van der Waals surface area contributed by atoms with Crippen LogP contribution in [0.3, 0.4) is 0 Å². The molecule has 1 aromatic carbocycles. The van der Waals surface area contributed by atoms with Gasteiger partial charge in [-0.25, -0.2) is 4.39 Å². The number of piperidine rings is 1. The molecule has 8 nitrogen and oxygen atoms in total. The number of phenols is 1. The van der Waals surface area contributed by atoms with E-state index in [9.17, 15) is 9.50 Å². The summed E-state index contributed by atoms with van der Waals surface area (Å²) in [6, 6.07) is 4.51. The second-order valence-corrected chi connectivity index (χ2v) is 8.84. The summed E-state index contributed by atoms with van der Waals surface area (Å²) in [5, 5.41) is 12.6. The standard InChI is InChI=1S/C24H38FN7O/c1-5-7-8-9-14-32(6-2)24-28-22(26-18-10-11-21(33)20(25)17-18)27-23(29-24)31(4)19-12-15-30(3)16-13-19/h10-11,17,19,33H,5-9,12-16H2,1-4H3,(H,26,27,28,29). The van der Waals surface area contributed by atoms with Gasteiger partial charge in [-0.3, -0.25) is 0 Å². The summed E-state index contributed by atoms with van der Waals surface area (Å²) in [5.74, 6) is 0.531. The molecular formula is C24H38FN7O. The van der Waals surface area contributed by atoms with Gasteiger partial charge in [0.15, 0.2) is 11.6 Å². The van der Waals surface area contributed by atoms with E-state index in [1.807, 2.05) is 7.05 Å². The van der Waals surface area contributed by atoms with Gasteiger partial charge in [0.25, 0.3) is 0 Å². The summed E-state index contributed by atoms with van der Waals surface area (Å²) in [5.41, 5.74) is 0.473.